The number of amides is 2. The van der Waals surface area contributed by atoms with Crippen LogP contribution in [0.4, 0.5) is 5.69 Å². The summed E-state index contributed by atoms with van der Waals surface area (Å²) < 4.78 is 5.11. The number of ether oxygens (including phenoxy) is 1. The molecule has 2 aliphatic rings. The molecule has 0 spiro atoms. The molecule has 0 aliphatic carbocycles. The van der Waals surface area contributed by atoms with E-state index >= 15 is 0 Å². The molecule has 0 bridgehead atoms. The minimum Gasteiger partial charge on any atom is -0.461 e. The van der Waals surface area contributed by atoms with Gasteiger partial charge in [0.1, 0.15) is 12.3 Å². The van der Waals surface area contributed by atoms with Crippen molar-refractivity contribution in [3.63, 3.8) is 0 Å². The molecular weight excluding hydrogens is 320 g/mol. The smallest absolute Gasteiger partial charge is 0.307 e. The van der Waals surface area contributed by atoms with Crippen molar-refractivity contribution in [1.82, 2.24) is 4.90 Å². The van der Waals surface area contributed by atoms with E-state index in [2.05, 4.69) is 6.58 Å². The van der Waals surface area contributed by atoms with E-state index in [1.807, 2.05) is 13.0 Å². The second-order valence-corrected chi connectivity index (χ2v) is 6.79. The minimum atomic E-state index is -0.739. The molecule has 0 unspecified atom stereocenters. The van der Waals surface area contributed by atoms with Crippen molar-refractivity contribution in [3.8, 4) is 0 Å². The molecule has 25 heavy (non-hydrogen) atoms. The van der Waals surface area contributed by atoms with E-state index < -0.39 is 5.66 Å². The average molecular weight is 342 g/mol. The van der Waals surface area contributed by atoms with Gasteiger partial charge in [-0.2, -0.15) is 0 Å². The van der Waals surface area contributed by atoms with E-state index in [0.717, 1.165) is 5.57 Å². The third-order valence-electron chi connectivity index (χ3n) is 4.76. The Bertz CT molecular complexity index is 758. The first-order chi connectivity index (χ1) is 11.8. The highest BCUT2D eigenvalue weighted by Gasteiger charge is 2.52. The van der Waals surface area contributed by atoms with Gasteiger partial charge in [-0.05, 0) is 38.0 Å². The van der Waals surface area contributed by atoms with Gasteiger partial charge in [-0.25, -0.2) is 0 Å². The van der Waals surface area contributed by atoms with E-state index in [1.54, 1.807) is 34.9 Å². The quantitative estimate of drug-likeness (QED) is 0.609. The second kappa shape index (κ2) is 6.35. The Morgan fingerprint density at radius 1 is 1.32 bits per heavy atom. The van der Waals surface area contributed by atoms with Crippen molar-refractivity contribution in [3.05, 3.63) is 42.0 Å². The Kier molecular flexibility index (Phi) is 4.37. The zero-order chi connectivity index (χ0) is 18.2. The van der Waals surface area contributed by atoms with Gasteiger partial charge >= 0.3 is 5.97 Å². The normalized spacial score (nSPS) is 21.8. The number of para-hydroxylation sites is 1. The van der Waals surface area contributed by atoms with E-state index in [9.17, 15) is 14.4 Å². The molecule has 2 heterocycles. The molecule has 0 saturated carbocycles. The molecule has 1 saturated heterocycles. The van der Waals surface area contributed by atoms with Gasteiger partial charge in [0, 0.05) is 13.0 Å². The molecule has 6 nitrogen and oxygen atoms in total. The number of esters is 1. The zero-order valence-electron chi connectivity index (χ0n) is 14.6. The highest BCUT2D eigenvalue weighted by molar-refractivity contribution is 6.10. The molecule has 0 radical (unpaired) electrons. The molecule has 1 aromatic rings. The summed E-state index contributed by atoms with van der Waals surface area (Å²) >= 11 is 0. The van der Waals surface area contributed by atoms with Crippen LogP contribution in [0.15, 0.2) is 36.4 Å². The number of anilines is 1. The summed E-state index contributed by atoms with van der Waals surface area (Å²) in [6.45, 7) is 7.74. The van der Waals surface area contributed by atoms with Crippen LogP contribution in [0.25, 0.3) is 0 Å². The topological polar surface area (TPSA) is 66.9 Å². The Labute approximate surface area is 147 Å². The molecule has 1 fully saturated rings. The minimum absolute atomic E-state index is 0.00249. The van der Waals surface area contributed by atoms with Gasteiger partial charge in [0.25, 0.3) is 5.91 Å². The summed E-state index contributed by atoms with van der Waals surface area (Å²) in [7, 11) is 0. The molecule has 1 atom stereocenters. The van der Waals surface area contributed by atoms with Crippen LogP contribution < -0.4 is 4.90 Å². The first-order valence-electron chi connectivity index (χ1n) is 8.38. The maximum Gasteiger partial charge on any atom is 0.307 e. The van der Waals surface area contributed by atoms with Crippen LogP contribution >= 0.6 is 0 Å². The molecule has 3 rings (SSSR count). The Balaban J connectivity index is 1.84. The summed E-state index contributed by atoms with van der Waals surface area (Å²) in [5.74, 6) is -0.539. The summed E-state index contributed by atoms with van der Waals surface area (Å²) in [5.41, 5.74) is 1.16. The fourth-order valence-electron chi connectivity index (χ4n) is 3.52. The van der Waals surface area contributed by atoms with E-state index in [-0.39, 0.29) is 37.4 Å². The fraction of sp³-hybridized carbons (Fsp3) is 0.421. The van der Waals surface area contributed by atoms with Crippen LogP contribution in [0.1, 0.15) is 43.5 Å². The standard InChI is InChI=1S/C19H22N2O4/c1-13(2)12-25-17(23)9-11-20-18(24)14-6-4-5-7-15(14)21-16(22)8-10-19(20,21)3/h4-7H,1,8-12H2,2-3H3/t19-/m1/s1. The van der Waals surface area contributed by atoms with Crippen molar-refractivity contribution in [1.29, 1.82) is 0 Å². The summed E-state index contributed by atoms with van der Waals surface area (Å²) in [6.07, 6.45) is 1.01. The zero-order valence-corrected chi connectivity index (χ0v) is 14.6. The van der Waals surface area contributed by atoms with Crippen molar-refractivity contribution in [2.45, 2.75) is 38.8 Å². The van der Waals surface area contributed by atoms with Crippen molar-refractivity contribution in [2.75, 3.05) is 18.1 Å². The predicted molar refractivity (Wildman–Crippen MR) is 93.0 cm³/mol. The van der Waals surface area contributed by atoms with Crippen LogP contribution in [0, 0.1) is 0 Å². The maximum atomic E-state index is 13.0. The van der Waals surface area contributed by atoms with Gasteiger partial charge < -0.3 is 9.64 Å². The summed E-state index contributed by atoms with van der Waals surface area (Å²) in [4.78, 5) is 40.6. The van der Waals surface area contributed by atoms with Crippen LogP contribution in [-0.2, 0) is 14.3 Å². The van der Waals surface area contributed by atoms with Gasteiger partial charge in [-0.1, -0.05) is 18.7 Å². The predicted octanol–water partition coefficient (Wildman–Crippen LogP) is 2.49. The Morgan fingerprint density at radius 2 is 2.04 bits per heavy atom. The third kappa shape index (κ3) is 2.92. The lowest BCUT2D eigenvalue weighted by Crippen LogP contribution is -2.62. The number of rotatable bonds is 5. The Morgan fingerprint density at radius 3 is 2.76 bits per heavy atom. The molecule has 132 valence electrons. The van der Waals surface area contributed by atoms with Crippen LogP contribution in [0.3, 0.4) is 0 Å². The van der Waals surface area contributed by atoms with E-state index in [0.29, 0.717) is 24.1 Å². The lowest BCUT2D eigenvalue weighted by Gasteiger charge is -2.48. The number of benzene rings is 1. The van der Waals surface area contributed by atoms with Crippen LogP contribution in [0.5, 0.6) is 0 Å². The lowest BCUT2D eigenvalue weighted by molar-refractivity contribution is -0.143. The number of hydrogen-bond acceptors (Lipinski definition) is 4. The molecule has 1 aromatic carbocycles. The summed E-state index contributed by atoms with van der Waals surface area (Å²) in [6, 6.07) is 7.12. The summed E-state index contributed by atoms with van der Waals surface area (Å²) in [5, 5.41) is 0. The van der Waals surface area contributed by atoms with Crippen molar-refractivity contribution >= 4 is 23.5 Å². The Hall–Kier alpha value is -2.63. The second-order valence-electron chi connectivity index (χ2n) is 6.79. The van der Waals surface area contributed by atoms with Gasteiger partial charge in [0.15, 0.2) is 0 Å². The van der Waals surface area contributed by atoms with Crippen molar-refractivity contribution in [2.24, 2.45) is 0 Å². The molecular formula is C19H22N2O4. The van der Waals surface area contributed by atoms with E-state index in [1.165, 1.54) is 0 Å². The molecule has 0 N–H and O–H groups in total. The largest absolute Gasteiger partial charge is 0.461 e. The van der Waals surface area contributed by atoms with Crippen molar-refractivity contribution < 1.29 is 19.1 Å². The fourth-order valence-corrected chi connectivity index (χ4v) is 3.52. The third-order valence-corrected chi connectivity index (χ3v) is 4.76. The van der Waals surface area contributed by atoms with E-state index in [4.69, 9.17) is 4.74 Å². The van der Waals surface area contributed by atoms with Gasteiger partial charge in [0.05, 0.1) is 17.7 Å². The molecule has 2 aliphatic heterocycles. The van der Waals surface area contributed by atoms with Gasteiger partial charge in [-0.3, -0.25) is 19.3 Å². The molecule has 0 aromatic heterocycles. The van der Waals surface area contributed by atoms with Crippen LogP contribution in [0.2, 0.25) is 0 Å². The number of fused-ring (bicyclic) bond motifs is 3. The molecule has 2 amide bonds. The average Bonchev–Trinajstić information content (AvgIpc) is 2.88. The van der Waals surface area contributed by atoms with Gasteiger partial charge in [-0.15, -0.1) is 0 Å². The highest BCUT2D eigenvalue weighted by Crippen LogP contribution is 2.43. The lowest BCUT2D eigenvalue weighted by atomic mass is 9.98. The van der Waals surface area contributed by atoms with Crippen LogP contribution in [-0.4, -0.2) is 41.5 Å². The number of carbonyl (C=O) groups is 3. The van der Waals surface area contributed by atoms with Gasteiger partial charge in [0.2, 0.25) is 5.91 Å². The highest BCUT2D eigenvalue weighted by atomic mass is 16.5. The number of carbonyl (C=O) groups excluding carboxylic acids is 3. The molecule has 6 heteroatoms. The SMILES string of the molecule is C=C(C)COC(=O)CCN1C(=O)c2ccccc2N2C(=O)CC[C@]12C. The number of hydrogen-bond donors (Lipinski definition) is 0. The maximum absolute atomic E-state index is 13.0. The monoisotopic (exact) mass is 342 g/mol. The first-order valence-corrected chi connectivity index (χ1v) is 8.38. The number of nitrogens with zero attached hydrogens (tertiary/aromatic N) is 2. The first kappa shape index (κ1) is 17.2.